The van der Waals surface area contributed by atoms with E-state index in [0.717, 1.165) is 16.8 Å². The van der Waals surface area contributed by atoms with Gasteiger partial charge in [0.2, 0.25) is 0 Å². The Morgan fingerprint density at radius 2 is 2.05 bits per heavy atom. The first kappa shape index (κ1) is 14.8. The van der Waals surface area contributed by atoms with Gasteiger partial charge in [0.15, 0.2) is 11.5 Å². The highest BCUT2D eigenvalue weighted by molar-refractivity contribution is 6.01. The van der Waals surface area contributed by atoms with E-state index in [9.17, 15) is 9.90 Å². The largest absolute Gasteiger partial charge is 0.505 e. The lowest BCUT2D eigenvalue weighted by atomic mass is 9.95. The number of fused-ring (bicyclic) bond motifs is 1. The maximum Gasteiger partial charge on any atom is 0.360 e. The molecule has 110 valence electrons. The van der Waals surface area contributed by atoms with Crippen molar-refractivity contribution < 1.29 is 14.6 Å². The SMILES string of the molecule is C/C=N\N1C(C(=O)OC)=C(O)c2ccc(C)cc2/C1=C\C. The fourth-order valence-electron chi connectivity index (χ4n) is 2.33. The Morgan fingerprint density at radius 1 is 1.33 bits per heavy atom. The summed E-state index contributed by atoms with van der Waals surface area (Å²) in [5.41, 5.74) is 3.22. The van der Waals surface area contributed by atoms with E-state index in [2.05, 4.69) is 5.10 Å². The summed E-state index contributed by atoms with van der Waals surface area (Å²) >= 11 is 0. The molecule has 1 aliphatic rings. The van der Waals surface area contributed by atoms with Gasteiger partial charge in [0.05, 0.1) is 12.8 Å². The third kappa shape index (κ3) is 2.42. The number of carbonyl (C=O) groups excluding carboxylic acids is 1. The molecule has 0 unspecified atom stereocenters. The quantitative estimate of drug-likeness (QED) is 0.670. The van der Waals surface area contributed by atoms with Gasteiger partial charge in [-0.1, -0.05) is 23.8 Å². The number of aryl methyl sites for hydroxylation is 1. The lowest BCUT2D eigenvalue weighted by Crippen LogP contribution is -2.28. The van der Waals surface area contributed by atoms with Crippen molar-refractivity contribution in [2.24, 2.45) is 5.10 Å². The van der Waals surface area contributed by atoms with Gasteiger partial charge in [0, 0.05) is 17.3 Å². The maximum atomic E-state index is 12.0. The zero-order chi connectivity index (χ0) is 15.6. The molecule has 0 fully saturated rings. The number of hydrogen-bond donors (Lipinski definition) is 1. The molecule has 0 saturated heterocycles. The van der Waals surface area contributed by atoms with Crippen molar-refractivity contribution in [2.45, 2.75) is 20.8 Å². The van der Waals surface area contributed by atoms with Crippen molar-refractivity contribution in [2.75, 3.05) is 7.11 Å². The molecule has 1 aromatic carbocycles. The highest BCUT2D eigenvalue weighted by Crippen LogP contribution is 2.38. The summed E-state index contributed by atoms with van der Waals surface area (Å²) in [6.45, 7) is 5.57. The van der Waals surface area contributed by atoms with Gasteiger partial charge in [0.1, 0.15) is 0 Å². The number of aliphatic hydroxyl groups is 1. The van der Waals surface area contributed by atoms with E-state index in [1.165, 1.54) is 12.1 Å². The van der Waals surface area contributed by atoms with E-state index in [4.69, 9.17) is 4.74 Å². The molecule has 5 nitrogen and oxygen atoms in total. The minimum Gasteiger partial charge on any atom is -0.505 e. The van der Waals surface area contributed by atoms with Crippen molar-refractivity contribution in [1.29, 1.82) is 0 Å². The molecule has 0 saturated carbocycles. The summed E-state index contributed by atoms with van der Waals surface area (Å²) in [7, 11) is 1.27. The van der Waals surface area contributed by atoms with Crippen molar-refractivity contribution in [1.82, 2.24) is 5.01 Å². The summed E-state index contributed by atoms with van der Waals surface area (Å²) in [6.07, 6.45) is 3.40. The molecule has 0 aliphatic carbocycles. The Labute approximate surface area is 123 Å². The second-order valence-electron chi connectivity index (χ2n) is 4.60. The van der Waals surface area contributed by atoms with Gasteiger partial charge in [-0.2, -0.15) is 5.10 Å². The number of hydrazone groups is 1. The molecule has 0 atom stereocenters. The molecular weight excluding hydrogens is 268 g/mol. The molecular formula is C16H18N2O3. The van der Waals surface area contributed by atoms with E-state index in [0.29, 0.717) is 5.56 Å². The van der Waals surface area contributed by atoms with Crippen molar-refractivity contribution >= 4 is 23.6 Å². The van der Waals surface area contributed by atoms with Crippen LogP contribution in [0.5, 0.6) is 0 Å². The molecule has 0 aromatic heterocycles. The molecule has 1 aromatic rings. The zero-order valence-electron chi connectivity index (χ0n) is 12.5. The molecule has 5 heteroatoms. The van der Waals surface area contributed by atoms with Gasteiger partial charge in [0.25, 0.3) is 0 Å². The van der Waals surface area contributed by atoms with Crippen LogP contribution in [-0.4, -0.2) is 29.4 Å². The Balaban J connectivity index is 2.79. The predicted molar refractivity (Wildman–Crippen MR) is 82.4 cm³/mol. The lowest BCUT2D eigenvalue weighted by Gasteiger charge is -2.30. The number of allylic oxidation sites excluding steroid dienone is 1. The number of hydrogen-bond acceptors (Lipinski definition) is 5. The van der Waals surface area contributed by atoms with Gasteiger partial charge in [-0.3, -0.25) is 0 Å². The number of benzene rings is 1. The van der Waals surface area contributed by atoms with Crippen LogP contribution in [0.4, 0.5) is 0 Å². The number of ether oxygens (including phenoxy) is 1. The topological polar surface area (TPSA) is 62.1 Å². The van der Waals surface area contributed by atoms with Crippen molar-refractivity contribution in [3.8, 4) is 0 Å². The van der Waals surface area contributed by atoms with Crippen LogP contribution in [0, 0.1) is 6.92 Å². The van der Waals surface area contributed by atoms with E-state index in [1.807, 2.05) is 32.1 Å². The minimum absolute atomic E-state index is 0.0139. The number of esters is 1. The average molecular weight is 286 g/mol. The van der Waals surface area contributed by atoms with E-state index in [1.54, 1.807) is 19.2 Å². The number of methoxy groups -OCH3 is 1. The molecule has 2 rings (SSSR count). The summed E-state index contributed by atoms with van der Waals surface area (Å²) in [5, 5.41) is 16.1. The van der Waals surface area contributed by atoms with Crippen LogP contribution < -0.4 is 0 Å². The highest BCUT2D eigenvalue weighted by atomic mass is 16.5. The molecule has 1 N–H and O–H groups in total. The second kappa shape index (κ2) is 5.83. The maximum absolute atomic E-state index is 12.0. The van der Waals surface area contributed by atoms with Crippen LogP contribution in [-0.2, 0) is 9.53 Å². The van der Waals surface area contributed by atoms with Crippen LogP contribution in [0.2, 0.25) is 0 Å². The minimum atomic E-state index is -0.635. The molecule has 0 spiro atoms. The molecule has 0 amide bonds. The third-order valence-electron chi connectivity index (χ3n) is 3.25. The number of nitrogens with zero attached hydrogens (tertiary/aromatic N) is 2. The second-order valence-corrected chi connectivity index (χ2v) is 4.60. The first-order chi connectivity index (χ1) is 10.0. The number of carbonyl (C=O) groups is 1. The van der Waals surface area contributed by atoms with Crippen molar-refractivity contribution in [3.63, 3.8) is 0 Å². The number of aliphatic hydroxyl groups excluding tert-OH is 1. The smallest absolute Gasteiger partial charge is 0.360 e. The molecule has 0 radical (unpaired) electrons. The third-order valence-corrected chi connectivity index (χ3v) is 3.25. The summed E-state index contributed by atoms with van der Waals surface area (Å²) in [4.78, 5) is 12.0. The fraction of sp³-hybridized carbons (Fsp3) is 0.250. The molecule has 21 heavy (non-hydrogen) atoms. The van der Waals surface area contributed by atoms with E-state index in [-0.39, 0.29) is 11.5 Å². The van der Waals surface area contributed by atoms with Gasteiger partial charge >= 0.3 is 5.97 Å². The van der Waals surface area contributed by atoms with Crippen molar-refractivity contribution in [3.05, 3.63) is 46.7 Å². The van der Waals surface area contributed by atoms with Gasteiger partial charge in [-0.25, -0.2) is 9.80 Å². The van der Waals surface area contributed by atoms with E-state index >= 15 is 0 Å². The van der Waals surface area contributed by atoms with Crippen LogP contribution in [0.1, 0.15) is 30.5 Å². The first-order valence-corrected chi connectivity index (χ1v) is 6.63. The Hall–Kier alpha value is -2.56. The van der Waals surface area contributed by atoms with Crippen LogP contribution in [0.3, 0.4) is 0 Å². The number of rotatable bonds is 2. The van der Waals surface area contributed by atoms with Crippen LogP contribution >= 0.6 is 0 Å². The molecule has 1 aliphatic heterocycles. The van der Waals surface area contributed by atoms with Crippen LogP contribution in [0.15, 0.2) is 35.1 Å². The standard InChI is InChI=1S/C16H18N2O3/c1-5-13-12-9-10(3)7-8-11(12)15(19)14(16(20)21-4)18(13)17-6-2/h5-9,19H,1-4H3/b13-5+,17-6-. The summed E-state index contributed by atoms with van der Waals surface area (Å²) in [5.74, 6) is -0.767. The highest BCUT2D eigenvalue weighted by Gasteiger charge is 2.33. The molecule has 0 bridgehead atoms. The summed E-state index contributed by atoms with van der Waals surface area (Å²) < 4.78 is 4.77. The first-order valence-electron chi connectivity index (χ1n) is 6.63. The van der Waals surface area contributed by atoms with Gasteiger partial charge in [-0.05, 0) is 26.8 Å². The molecule has 1 heterocycles. The normalized spacial score (nSPS) is 16.6. The van der Waals surface area contributed by atoms with E-state index < -0.39 is 5.97 Å². The Bertz CT molecular complexity index is 672. The average Bonchev–Trinajstić information content (AvgIpc) is 2.47. The predicted octanol–water partition coefficient (Wildman–Crippen LogP) is 3.08. The fourth-order valence-corrected chi connectivity index (χ4v) is 2.33. The lowest BCUT2D eigenvalue weighted by molar-refractivity contribution is -0.137. The van der Waals surface area contributed by atoms with Gasteiger partial charge < -0.3 is 9.84 Å². The zero-order valence-corrected chi connectivity index (χ0v) is 12.5. The monoisotopic (exact) mass is 286 g/mol. The van der Waals surface area contributed by atoms with Crippen LogP contribution in [0.25, 0.3) is 11.5 Å². The summed E-state index contributed by atoms with van der Waals surface area (Å²) in [6, 6.07) is 5.63. The Morgan fingerprint density at radius 3 is 2.62 bits per heavy atom. The Kier molecular flexibility index (Phi) is 4.12. The van der Waals surface area contributed by atoms with Gasteiger partial charge in [-0.15, -0.1) is 0 Å².